The minimum Gasteiger partial charge on any atom is -0.335 e. The normalized spacial score (nSPS) is 17.0. The molecule has 0 saturated heterocycles. The van der Waals surface area contributed by atoms with Gasteiger partial charge in [-0.25, -0.2) is 9.78 Å². The van der Waals surface area contributed by atoms with Gasteiger partial charge in [0.05, 0.1) is 16.7 Å². The van der Waals surface area contributed by atoms with Gasteiger partial charge in [0.15, 0.2) is 0 Å². The number of likely N-dealkylation sites (N-methyl/N-ethyl adjacent to an activating group) is 1. The summed E-state index contributed by atoms with van der Waals surface area (Å²) in [6.07, 6.45) is 5.52. The number of nitrogens with one attached hydrogen (secondary N) is 2. The largest absolute Gasteiger partial charge is 0.335 e. The molecule has 128 valence electrons. The molecule has 0 bridgehead atoms. The first kappa shape index (κ1) is 17.9. The number of aromatic nitrogens is 1. The average Bonchev–Trinajstić information content (AvgIpc) is 2.92. The first-order valence-corrected chi connectivity index (χ1v) is 9.06. The Kier molecular flexibility index (Phi) is 6.53. The molecule has 1 unspecified atom stereocenters. The van der Waals surface area contributed by atoms with Crippen LogP contribution < -0.4 is 10.6 Å². The number of nitrogens with zero attached hydrogens (tertiary/aromatic N) is 2. The fourth-order valence-electron chi connectivity index (χ4n) is 2.76. The number of aryl methyl sites for hydroxylation is 1. The summed E-state index contributed by atoms with van der Waals surface area (Å²) >= 11 is 1.59. The number of carbonyl (C=O) groups is 2. The number of imide groups is 1. The molecule has 0 spiro atoms. The van der Waals surface area contributed by atoms with Crippen molar-refractivity contribution in [1.82, 2.24) is 20.5 Å². The zero-order valence-corrected chi connectivity index (χ0v) is 14.9. The minimum absolute atomic E-state index is 0.197. The molecule has 0 aliphatic heterocycles. The number of carbonyl (C=O) groups excluding carboxylic acids is 2. The second-order valence-electron chi connectivity index (χ2n) is 6.25. The molecule has 2 rings (SSSR count). The molecular weight excluding hydrogens is 312 g/mol. The second-order valence-corrected chi connectivity index (χ2v) is 7.31. The van der Waals surface area contributed by atoms with Crippen LogP contribution in [-0.2, 0) is 11.3 Å². The molecule has 1 aliphatic carbocycles. The van der Waals surface area contributed by atoms with Crippen molar-refractivity contribution in [3.8, 4) is 0 Å². The summed E-state index contributed by atoms with van der Waals surface area (Å²) in [5, 5.41) is 8.35. The molecular formula is C16H26N4O2S. The Morgan fingerprint density at radius 1 is 1.39 bits per heavy atom. The number of hydrogen-bond acceptors (Lipinski definition) is 5. The highest BCUT2D eigenvalue weighted by atomic mass is 32.1. The van der Waals surface area contributed by atoms with Crippen molar-refractivity contribution in [1.29, 1.82) is 0 Å². The maximum atomic E-state index is 12.2. The molecule has 7 heteroatoms. The van der Waals surface area contributed by atoms with Crippen molar-refractivity contribution in [2.45, 2.75) is 64.6 Å². The van der Waals surface area contributed by atoms with Crippen LogP contribution in [0.15, 0.2) is 5.38 Å². The van der Waals surface area contributed by atoms with Crippen molar-refractivity contribution in [3.05, 3.63) is 16.1 Å². The van der Waals surface area contributed by atoms with Crippen LogP contribution >= 0.6 is 11.3 Å². The molecule has 1 aromatic rings. The van der Waals surface area contributed by atoms with Crippen molar-refractivity contribution < 1.29 is 9.59 Å². The van der Waals surface area contributed by atoms with Gasteiger partial charge >= 0.3 is 6.03 Å². The third-order valence-corrected chi connectivity index (χ3v) is 5.12. The summed E-state index contributed by atoms with van der Waals surface area (Å²) in [5.74, 6) is -0.284. The third kappa shape index (κ3) is 5.58. The van der Waals surface area contributed by atoms with Gasteiger partial charge < -0.3 is 5.32 Å². The van der Waals surface area contributed by atoms with E-state index in [-0.39, 0.29) is 18.0 Å². The van der Waals surface area contributed by atoms with Crippen molar-refractivity contribution in [3.63, 3.8) is 0 Å². The summed E-state index contributed by atoms with van der Waals surface area (Å²) in [5.41, 5.74) is 0.946. The molecule has 6 nitrogen and oxygen atoms in total. The number of hydrogen-bond donors (Lipinski definition) is 2. The van der Waals surface area contributed by atoms with Gasteiger partial charge in [0.1, 0.15) is 0 Å². The summed E-state index contributed by atoms with van der Waals surface area (Å²) in [6.45, 7) is 4.34. The zero-order chi connectivity index (χ0) is 16.8. The lowest BCUT2D eigenvalue weighted by Gasteiger charge is -2.25. The van der Waals surface area contributed by atoms with Gasteiger partial charge in [0, 0.05) is 18.0 Å². The van der Waals surface area contributed by atoms with E-state index in [1.807, 2.05) is 24.3 Å². The molecule has 1 saturated carbocycles. The van der Waals surface area contributed by atoms with Gasteiger partial charge in [0.25, 0.3) is 0 Å². The Morgan fingerprint density at radius 2 is 2.09 bits per heavy atom. The molecule has 23 heavy (non-hydrogen) atoms. The van der Waals surface area contributed by atoms with Crippen LogP contribution in [0.2, 0.25) is 0 Å². The van der Waals surface area contributed by atoms with Gasteiger partial charge in [0.2, 0.25) is 5.91 Å². The highest BCUT2D eigenvalue weighted by Gasteiger charge is 2.22. The number of urea groups is 1. The molecule has 0 radical (unpaired) electrons. The molecule has 2 N–H and O–H groups in total. The monoisotopic (exact) mass is 338 g/mol. The lowest BCUT2D eigenvalue weighted by molar-refractivity contribution is -0.124. The predicted molar refractivity (Wildman–Crippen MR) is 91.3 cm³/mol. The lowest BCUT2D eigenvalue weighted by Crippen LogP contribution is -2.50. The number of thiazole rings is 1. The summed E-state index contributed by atoms with van der Waals surface area (Å²) in [7, 11) is 1.86. The van der Waals surface area contributed by atoms with Crippen molar-refractivity contribution in [2.24, 2.45) is 0 Å². The molecule has 1 fully saturated rings. The Balaban J connectivity index is 1.77. The highest BCUT2D eigenvalue weighted by Crippen LogP contribution is 2.17. The van der Waals surface area contributed by atoms with E-state index in [9.17, 15) is 9.59 Å². The van der Waals surface area contributed by atoms with Crippen LogP contribution in [0.5, 0.6) is 0 Å². The van der Waals surface area contributed by atoms with Crippen molar-refractivity contribution in [2.75, 3.05) is 7.05 Å². The van der Waals surface area contributed by atoms with Gasteiger partial charge in [-0.05, 0) is 33.7 Å². The van der Waals surface area contributed by atoms with Gasteiger partial charge in [-0.2, -0.15) is 0 Å². The van der Waals surface area contributed by atoms with E-state index in [0.29, 0.717) is 6.54 Å². The van der Waals surface area contributed by atoms with Crippen LogP contribution in [-0.4, -0.2) is 41.0 Å². The van der Waals surface area contributed by atoms with Gasteiger partial charge in [-0.1, -0.05) is 19.3 Å². The molecule has 1 aromatic heterocycles. The molecule has 1 atom stereocenters. The maximum Gasteiger partial charge on any atom is 0.321 e. The van der Waals surface area contributed by atoms with Crippen LogP contribution in [0, 0.1) is 6.92 Å². The molecule has 3 amide bonds. The quantitative estimate of drug-likeness (QED) is 0.865. The second kappa shape index (κ2) is 8.40. The average molecular weight is 338 g/mol. The minimum atomic E-state index is -0.394. The molecule has 1 heterocycles. The van der Waals surface area contributed by atoms with Gasteiger partial charge in [-0.3, -0.25) is 15.0 Å². The third-order valence-electron chi connectivity index (χ3n) is 4.30. The van der Waals surface area contributed by atoms with E-state index in [0.717, 1.165) is 36.4 Å². The topological polar surface area (TPSA) is 74.3 Å². The zero-order valence-electron chi connectivity index (χ0n) is 14.1. The van der Waals surface area contributed by atoms with E-state index in [4.69, 9.17) is 0 Å². The SMILES string of the molecule is Cc1nc(CN(C)C(C)C(=O)NC(=O)NC2CCCCC2)cs1. The fraction of sp³-hybridized carbons (Fsp3) is 0.688. The van der Waals surface area contributed by atoms with Crippen LogP contribution in [0.4, 0.5) is 4.79 Å². The Hall–Kier alpha value is -1.47. The summed E-state index contributed by atoms with van der Waals surface area (Å²) in [6, 6.07) is -0.580. The van der Waals surface area contributed by atoms with E-state index >= 15 is 0 Å². The first-order chi connectivity index (χ1) is 11.0. The van der Waals surface area contributed by atoms with Crippen LogP contribution in [0.3, 0.4) is 0 Å². The van der Waals surface area contributed by atoms with E-state index in [1.165, 1.54) is 6.42 Å². The smallest absolute Gasteiger partial charge is 0.321 e. The van der Waals surface area contributed by atoms with Gasteiger partial charge in [-0.15, -0.1) is 11.3 Å². The van der Waals surface area contributed by atoms with Crippen molar-refractivity contribution >= 4 is 23.3 Å². The molecule has 0 aromatic carbocycles. The Morgan fingerprint density at radius 3 is 2.70 bits per heavy atom. The fourth-order valence-corrected chi connectivity index (χ4v) is 3.36. The molecule has 1 aliphatic rings. The van der Waals surface area contributed by atoms with E-state index < -0.39 is 6.04 Å². The predicted octanol–water partition coefficient (Wildman–Crippen LogP) is 2.43. The number of amides is 3. The van der Waals surface area contributed by atoms with Crippen LogP contribution in [0.1, 0.15) is 49.7 Å². The standard InChI is InChI=1S/C16H26N4O2S/c1-11(20(3)9-14-10-23-12(2)17-14)15(21)19-16(22)18-13-7-5-4-6-8-13/h10-11,13H,4-9H2,1-3H3,(H2,18,19,21,22). The highest BCUT2D eigenvalue weighted by molar-refractivity contribution is 7.09. The van der Waals surface area contributed by atoms with Crippen LogP contribution in [0.25, 0.3) is 0 Å². The Labute approximate surface area is 141 Å². The summed E-state index contributed by atoms with van der Waals surface area (Å²) in [4.78, 5) is 30.4. The van der Waals surface area contributed by atoms with E-state index in [2.05, 4.69) is 15.6 Å². The maximum absolute atomic E-state index is 12.2. The van der Waals surface area contributed by atoms with E-state index in [1.54, 1.807) is 18.3 Å². The first-order valence-electron chi connectivity index (χ1n) is 8.18. The Bertz CT molecular complexity index is 540. The number of rotatable bonds is 5. The summed E-state index contributed by atoms with van der Waals surface area (Å²) < 4.78 is 0. The lowest BCUT2D eigenvalue weighted by atomic mass is 9.96.